The first-order valence-corrected chi connectivity index (χ1v) is 11.3. The van der Waals surface area contributed by atoms with E-state index in [9.17, 15) is 15.0 Å². The lowest BCUT2D eigenvalue weighted by molar-refractivity contribution is -0.623. The molecule has 0 radical (unpaired) electrons. The highest BCUT2D eigenvalue weighted by atomic mass is 16.5. The molecule has 0 aromatic heterocycles. The van der Waals surface area contributed by atoms with Crippen LogP contribution in [-0.4, -0.2) is 75.3 Å². The number of nitrogens with one attached hydrogen (secondary N) is 3. The fraction of sp³-hybridized carbons (Fsp3) is 0.591. The molecule has 9 N–H and O–H groups in total. The van der Waals surface area contributed by atoms with Crippen molar-refractivity contribution in [3.8, 4) is 5.75 Å². The summed E-state index contributed by atoms with van der Waals surface area (Å²) >= 11 is 0. The molecular weight excluding hydrogens is 426 g/mol. The van der Waals surface area contributed by atoms with Crippen molar-refractivity contribution in [1.29, 1.82) is 0 Å². The number of aliphatic hydroxyl groups is 2. The molecule has 4 heterocycles. The predicted octanol–water partition coefficient (Wildman–Crippen LogP) is -1.77. The van der Waals surface area contributed by atoms with Crippen LogP contribution in [0.25, 0.3) is 0 Å². The molecule has 11 nitrogen and oxygen atoms in total. The second-order valence-corrected chi connectivity index (χ2v) is 9.92. The summed E-state index contributed by atoms with van der Waals surface area (Å²) in [5, 5.41) is 31.9. The minimum absolute atomic E-state index is 0.0433. The van der Waals surface area contributed by atoms with Gasteiger partial charge in [-0.2, -0.15) is 0 Å². The number of para-hydroxylation sites is 1. The van der Waals surface area contributed by atoms with E-state index >= 15 is 0 Å². The summed E-state index contributed by atoms with van der Waals surface area (Å²) in [5.41, 5.74) is 11.9. The number of rotatable bonds is 3. The van der Waals surface area contributed by atoms with E-state index in [0.29, 0.717) is 24.3 Å². The smallest absolute Gasteiger partial charge is 0.345 e. The Hall–Kier alpha value is -3.05. The molecule has 4 aliphatic heterocycles. The van der Waals surface area contributed by atoms with Crippen molar-refractivity contribution in [3.63, 3.8) is 0 Å². The number of amides is 1. The molecule has 0 saturated carbocycles. The lowest BCUT2D eigenvalue weighted by Crippen LogP contribution is -2.78. The Bertz CT molecular complexity index is 1080. The van der Waals surface area contributed by atoms with Gasteiger partial charge in [-0.25, -0.2) is 9.57 Å². The predicted molar refractivity (Wildman–Crippen MR) is 121 cm³/mol. The number of nitrogens with two attached hydrogens (primary N) is 2. The molecule has 1 amide bonds. The van der Waals surface area contributed by atoms with Crippen LogP contribution in [0.2, 0.25) is 0 Å². The number of nitrogens with zero attached hydrogens (tertiary/aromatic N) is 2. The Kier molecular flexibility index (Phi) is 4.60. The fourth-order valence-corrected chi connectivity index (χ4v) is 5.67. The molecule has 1 fully saturated rings. The maximum Gasteiger partial charge on any atom is 0.345 e. The highest BCUT2D eigenvalue weighted by Crippen LogP contribution is 2.43. The summed E-state index contributed by atoms with van der Waals surface area (Å²) in [5.74, 6) is -1.99. The molecule has 33 heavy (non-hydrogen) atoms. The monoisotopic (exact) mass is 458 g/mol. The molecule has 4 atom stereocenters. The zero-order valence-electron chi connectivity index (χ0n) is 19.1. The molecule has 5 rings (SSSR count). The number of hydrogen-bond donors (Lipinski definition) is 7. The van der Waals surface area contributed by atoms with Gasteiger partial charge in [0.05, 0.1) is 18.7 Å². The standard InChI is InChI=1S/C22H31N7O4/c1-4-13-16-21(28-18(23)27-16)22(31,32)14(10-29(21)19(24)25-13)26-17(30)11-6-5-7-12-15(11)33-9-8-20(12,2)3/h5-7,13-14,16,31-32H,4,8-10H2,1-3H3,(H6,23,24,25,26,27,28,30)/p+1/t13-,14?,16-,21-/m0/s1. The van der Waals surface area contributed by atoms with Gasteiger partial charge in [-0.1, -0.05) is 32.9 Å². The van der Waals surface area contributed by atoms with Gasteiger partial charge in [0.2, 0.25) is 11.4 Å². The number of carbonyl (C=O) groups excluding carboxylic acids is 1. The fourth-order valence-electron chi connectivity index (χ4n) is 5.67. The van der Waals surface area contributed by atoms with Gasteiger partial charge in [0, 0.05) is 5.56 Å². The van der Waals surface area contributed by atoms with Crippen molar-refractivity contribution >= 4 is 17.8 Å². The molecule has 0 bridgehead atoms. The first-order valence-electron chi connectivity index (χ1n) is 11.3. The molecule has 11 heteroatoms. The molecular formula is C22H32N7O4+. The second-order valence-electron chi connectivity index (χ2n) is 9.92. The van der Waals surface area contributed by atoms with Gasteiger partial charge >= 0.3 is 5.96 Å². The number of hydrogen-bond acceptors (Lipinski definition) is 9. The van der Waals surface area contributed by atoms with Crippen molar-refractivity contribution < 1.29 is 24.3 Å². The van der Waals surface area contributed by atoms with Crippen LogP contribution in [0, 0.1) is 0 Å². The maximum absolute atomic E-state index is 13.4. The summed E-state index contributed by atoms with van der Waals surface area (Å²) in [6.45, 7) is 6.72. The summed E-state index contributed by atoms with van der Waals surface area (Å²) < 4.78 is 7.47. The van der Waals surface area contributed by atoms with Gasteiger partial charge in [0.1, 0.15) is 23.9 Å². The van der Waals surface area contributed by atoms with Crippen LogP contribution in [0.3, 0.4) is 0 Å². The third-order valence-corrected chi connectivity index (χ3v) is 7.58. The zero-order chi connectivity index (χ0) is 23.8. The third-order valence-electron chi connectivity index (χ3n) is 7.58. The first-order chi connectivity index (χ1) is 15.5. The number of guanidine groups is 2. The van der Waals surface area contributed by atoms with E-state index in [2.05, 4.69) is 34.8 Å². The van der Waals surface area contributed by atoms with Crippen LogP contribution < -0.4 is 32.2 Å². The molecule has 1 spiro atoms. The van der Waals surface area contributed by atoms with E-state index in [1.165, 1.54) is 0 Å². The van der Waals surface area contributed by atoms with Crippen molar-refractivity contribution in [1.82, 2.24) is 16.0 Å². The van der Waals surface area contributed by atoms with E-state index < -0.39 is 29.4 Å². The Morgan fingerprint density at radius 3 is 2.85 bits per heavy atom. The lowest BCUT2D eigenvalue weighted by atomic mass is 9.79. The van der Waals surface area contributed by atoms with Crippen molar-refractivity contribution in [2.24, 2.45) is 16.5 Å². The van der Waals surface area contributed by atoms with Gasteiger partial charge < -0.3 is 31.3 Å². The number of benzene rings is 1. The Labute approximate surface area is 191 Å². The molecule has 178 valence electrons. The summed E-state index contributed by atoms with van der Waals surface area (Å²) in [6, 6.07) is 3.49. The average molecular weight is 459 g/mol. The average Bonchev–Trinajstić information content (AvgIpc) is 3.22. The van der Waals surface area contributed by atoms with Crippen LogP contribution >= 0.6 is 0 Å². The van der Waals surface area contributed by atoms with Crippen LogP contribution in [0.4, 0.5) is 0 Å². The maximum atomic E-state index is 13.4. The van der Waals surface area contributed by atoms with Gasteiger partial charge in [-0.3, -0.25) is 15.8 Å². The quantitative estimate of drug-likeness (QED) is 0.206. The van der Waals surface area contributed by atoms with Crippen LogP contribution in [0.5, 0.6) is 5.75 Å². The summed E-state index contributed by atoms with van der Waals surface area (Å²) in [7, 11) is 0. The van der Waals surface area contributed by atoms with Crippen molar-refractivity contribution in [2.75, 3.05) is 13.2 Å². The van der Waals surface area contributed by atoms with Gasteiger partial charge in [0.15, 0.2) is 5.96 Å². The van der Waals surface area contributed by atoms with Crippen LogP contribution in [0.1, 0.15) is 49.5 Å². The summed E-state index contributed by atoms with van der Waals surface area (Å²) in [4.78, 5) is 17.8. The minimum Gasteiger partial charge on any atom is -0.492 e. The second kappa shape index (κ2) is 6.97. The molecule has 1 aromatic carbocycles. The topological polar surface area (TPSA) is 170 Å². The summed E-state index contributed by atoms with van der Waals surface area (Å²) in [6.07, 6.45) is 1.48. The molecule has 4 aliphatic rings. The Balaban J connectivity index is 1.50. The highest BCUT2D eigenvalue weighted by Gasteiger charge is 2.74. The molecule has 1 unspecified atom stereocenters. The third kappa shape index (κ3) is 2.85. The van der Waals surface area contributed by atoms with E-state index in [1.807, 2.05) is 19.1 Å². The van der Waals surface area contributed by atoms with Crippen LogP contribution in [-0.2, 0) is 5.41 Å². The number of ether oxygens (including phenoxy) is 1. The molecule has 1 aromatic rings. The van der Waals surface area contributed by atoms with E-state index in [0.717, 1.165) is 12.0 Å². The van der Waals surface area contributed by atoms with Gasteiger partial charge in [-0.05, 0) is 24.3 Å². The van der Waals surface area contributed by atoms with Crippen molar-refractivity contribution in [3.05, 3.63) is 29.3 Å². The van der Waals surface area contributed by atoms with E-state index in [4.69, 9.17) is 16.2 Å². The number of fused-ring (bicyclic) bond motifs is 1. The van der Waals surface area contributed by atoms with Crippen LogP contribution in [0.15, 0.2) is 23.2 Å². The SMILES string of the molecule is CC[C@@H]1NC(N)=[N+]2CC(NC(=O)c3cccc4c3OCCC4(C)C)C(O)(O)[C@@]23NC(N)=N[C@@H]13. The largest absolute Gasteiger partial charge is 0.492 e. The molecule has 0 aliphatic carbocycles. The number of carbonyl (C=O) groups is 1. The van der Waals surface area contributed by atoms with Crippen molar-refractivity contribution in [2.45, 2.75) is 68.6 Å². The lowest BCUT2D eigenvalue weighted by Gasteiger charge is -2.43. The van der Waals surface area contributed by atoms with E-state index in [1.54, 1.807) is 10.6 Å². The minimum atomic E-state index is -2.42. The highest BCUT2D eigenvalue weighted by molar-refractivity contribution is 5.98. The molecule has 1 saturated heterocycles. The first kappa shape index (κ1) is 21.8. The normalized spacial score (nSPS) is 33.0. The Morgan fingerprint density at radius 2 is 2.12 bits per heavy atom. The zero-order valence-corrected chi connectivity index (χ0v) is 19.1. The Morgan fingerprint density at radius 1 is 1.36 bits per heavy atom. The van der Waals surface area contributed by atoms with Gasteiger partial charge in [0.25, 0.3) is 5.91 Å². The number of aliphatic imine (C=N–C) groups is 1. The van der Waals surface area contributed by atoms with E-state index in [-0.39, 0.29) is 29.9 Å². The van der Waals surface area contributed by atoms with Gasteiger partial charge in [-0.15, -0.1) is 0 Å².